The molecular weight excluding hydrogens is 376 g/mol. The Morgan fingerprint density at radius 2 is 2.00 bits per heavy atom. The minimum atomic E-state index is 0.0155. The van der Waals surface area contributed by atoms with E-state index in [1.54, 1.807) is 7.11 Å². The number of likely N-dealkylation sites (tertiary alicyclic amines) is 1. The van der Waals surface area contributed by atoms with Crippen molar-refractivity contribution >= 4 is 5.91 Å². The molecule has 0 N–H and O–H groups in total. The highest BCUT2D eigenvalue weighted by Crippen LogP contribution is 2.32. The molecule has 0 aliphatic carbocycles. The molecule has 4 rings (SSSR count). The van der Waals surface area contributed by atoms with Crippen LogP contribution in [0.5, 0.6) is 5.75 Å². The second-order valence-corrected chi connectivity index (χ2v) is 8.00. The Morgan fingerprint density at radius 1 is 1.20 bits per heavy atom. The highest BCUT2D eigenvalue weighted by atomic mass is 16.5. The summed E-state index contributed by atoms with van der Waals surface area (Å²) in [6.45, 7) is 5.02. The maximum absolute atomic E-state index is 13.1. The number of ether oxygens (including phenoxy) is 1. The Bertz CT molecular complexity index is 1010. The van der Waals surface area contributed by atoms with Gasteiger partial charge in [-0.05, 0) is 42.7 Å². The van der Waals surface area contributed by atoms with Crippen molar-refractivity contribution < 1.29 is 9.53 Å². The number of amides is 1. The van der Waals surface area contributed by atoms with E-state index in [9.17, 15) is 4.79 Å². The lowest BCUT2D eigenvalue weighted by molar-refractivity contribution is -0.131. The number of hydrogen-bond donors (Lipinski definition) is 0. The van der Waals surface area contributed by atoms with Gasteiger partial charge in [0.05, 0.1) is 25.3 Å². The van der Waals surface area contributed by atoms with E-state index in [0.29, 0.717) is 12.3 Å². The Hall–Kier alpha value is -3.15. The molecule has 1 atom stereocenters. The molecule has 6 nitrogen and oxygen atoms in total. The number of pyridine rings is 1. The van der Waals surface area contributed by atoms with E-state index in [2.05, 4.69) is 18.8 Å². The largest absolute Gasteiger partial charge is 0.497 e. The number of carbonyl (C=O) groups is 1. The van der Waals surface area contributed by atoms with Gasteiger partial charge in [-0.3, -0.25) is 9.36 Å². The molecule has 1 amide bonds. The van der Waals surface area contributed by atoms with Gasteiger partial charge in [-0.2, -0.15) is 0 Å². The number of carbonyl (C=O) groups excluding carboxylic acids is 1. The van der Waals surface area contributed by atoms with E-state index in [1.807, 2.05) is 64.3 Å². The van der Waals surface area contributed by atoms with Crippen molar-refractivity contribution in [2.75, 3.05) is 13.7 Å². The first-order valence-electron chi connectivity index (χ1n) is 10.5. The molecule has 1 aliphatic heterocycles. The lowest BCUT2D eigenvalue weighted by Gasteiger charge is -2.25. The summed E-state index contributed by atoms with van der Waals surface area (Å²) in [5.74, 6) is 3.08. The van der Waals surface area contributed by atoms with Crippen LogP contribution in [0.2, 0.25) is 0 Å². The Labute approximate surface area is 177 Å². The van der Waals surface area contributed by atoms with Gasteiger partial charge in [-0.15, -0.1) is 0 Å². The molecule has 1 fully saturated rings. The van der Waals surface area contributed by atoms with Gasteiger partial charge in [0, 0.05) is 24.9 Å². The molecule has 6 heteroatoms. The summed E-state index contributed by atoms with van der Waals surface area (Å²) in [6, 6.07) is 13.8. The van der Waals surface area contributed by atoms with E-state index < -0.39 is 0 Å². The van der Waals surface area contributed by atoms with Crippen LogP contribution in [0.25, 0.3) is 5.82 Å². The highest BCUT2D eigenvalue weighted by Gasteiger charge is 2.31. The number of benzene rings is 1. The summed E-state index contributed by atoms with van der Waals surface area (Å²) in [4.78, 5) is 24.4. The SMILES string of the molecule is COc1ccc(CC(=O)N2CCC[C@@H]2c2cccc(-n3ccnc3C(C)C)n2)cc1. The van der Waals surface area contributed by atoms with Crippen molar-refractivity contribution in [1.82, 2.24) is 19.4 Å². The highest BCUT2D eigenvalue weighted by molar-refractivity contribution is 5.79. The topological polar surface area (TPSA) is 60.2 Å². The Balaban J connectivity index is 1.54. The van der Waals surface area contributed by atoms with Crippen LogP contribution in [0.3, 0.4) is 0 Å². The quantitative estimate of drug-likeness (QED) is 0.614. The summed E-state index contributed by atoms with van der Waals surface area (Å²) in [6.07, 6.45) is 6.07. The fourth-order valence-electron chi connectivity index (χ4n) is 4.09. The zero-order valence-corrected chi connectivity index (χ0v) is 17.8. The van der Waals surface area contributed by atoms with Crippen molar-refractivity contribution in [2.45, 2.75) is 45.1 Å². The number of rotatable bonds is 6. The van der Waals surface area contributed by atoms with Crippen LogP contribution in [0.4, 0.5) is 0 Å². The van der Waals surface area contributed by atoms with Crippen molar-refractivity contribution in [2.24, 2.45) is 0 Å². The number of aromatic nitrogens is 3. The van der Waals surface area contributed by atoms with Crippen LogP contribution >= 0.6 is 0 Å². The van der Waals surface area contributed by atoms with Crippen LogP contribution < -0.4 is 4.74 Å². The lowest BCUT2D eigenvalue weighted by Crippen LogP contribution is -2.32. The number of methoxy groups -OCH3 is 1. The van der Waals surface area contributed by atoms with Gasteiger partial charge >= 0.3 is 0 Å². The van der Waals surface area contributed by atoms with Crippen LogP contribution in [0, 0.1) is 0 Å². The van der Waals surface area contributed by atoms with E-state index in [-0.39, 0.29) is 11.9 Å². The molecule has 0 bridgehead atoms. The fourth-order valence-corrected chi connectivity index (χ4v) is 4.09. The molecule has 156 valence electrons. The first-order chi connectivity index (χ1) is 14.6. The van der Waals surface area contributed by atoms with Gasteiger partial charge in [0.15, 0.2) is 0 Å². The summed E-state index contributed by atoms with van der Waals surface area (Å²) < 4.78 is 7.24. The third-order valence-corrected chi connectivity index (χ3v) is 5.62. The standard InChI is InChI=1S/C24H28N4O2/c1-17(2)24-25-13-15-28(24)22-8-4-6-20(26-22)21-7-5-14-27(21)23(29)16-18-9-11-19(30-3)12-10-18/h4,6,8-13,15,17,21H,5,7,14,16H2,1-3H3/t21-/m1/s1. The zero-order valence-electron chi connectivity index (χ0n) is 17.8. The third kappa shape index (κ3) is 4.08. The molecule has 3 aromatic rings. The summed E-state index contributed by atoms with van der Waals surface area (Å²) in [5.41, 5.74) is 1.93. The third-order valence-electron chi connectivity index (χ3n) is 5.62. The molecule has 1 saturated heterocycles. The first kappa shape index (κ1) is 20.1. The maximum atomic E-state index is 13.1. The molecule has 0 unspecified atom stereocenters. The minimum absolute atomic E-state index is 0.0155. The second kappa shape index (κ2) is 8.69. The number of nitrogens with zero attached hydrogens (tertiary/aromatic N) is 4. The van der Waals surface area contributed by atoms with Gasteiger partial charge in [0.1, 0.15) is 17.4 Å². The van der Waals surface area contributed by atoms with E-state index >= 15 is 0 Å². The zero-order chi connectivity index (χ0) is 21.1. The smallest absolute Gasteiger partial charge is 0.227 e. The van der Waals surface area contributed by atoms with E-state index in [4.69, 9.17) is 9.72 Å². The molecule has 0 radical (unpaired) electrons. The number of hydrogen-bond acceptors (Lipinski definition) is 4. The van der Waals surface area contributed by atoms with Crippen molar-refractivity contribution in [1.29, 1.82) is 0 Å². The first-order valence-corrected chi connectivity index (χ1v) is 10.5. The van der Waals surface area contributed by atoms with Crippen LogP contribution in [0.1, 0.15) is 55.7 Å². The van der Waals surface area contributed by atoms with Crippen LogP contribution in [0.15, 0.2) is 54.9 Å². The van der Waals surface area contributed by atoms with Crippen molar-refractivity contribution in [3.8, 4) is 11.6 Å². The molecule has 2 aromatic heterocycles. The molecule has 3 heterocycles. The van der Waals surface area contributed by atoms with Gasteiger partial charge in [-0.1, -0.05) is 32.0 Å². The maximum Gasteiger partial charge on any atom is 0.227 e. The van der Waals surface area contributed by atoms with Gasteiger partial charge in [0.2, 0.25) is 5.91 Å². The monoisotopic (exact) mass is 404 g/mol. The summed E-state index contributed by atoms with van der Waals surface area (Å²) in [5, 5.41) is 0. The molecular formula is C24H28N4O2. The molecule has 30 heavy (non-hydrogen) atoms. The lowest BCUT2D eigenvalue weighted by atomic mass is 10.1. The predicted octanol–water partition coefficient (Wildman–Crippen LogP) is 4.31. The molecule has 1 aromatic carbocycles. The summed E-state index contributed by atoms with van der Waals surface area (Å²) in [7, 11) is 1.64. The van der Waals surface area contributed by atoms with Gasteiger partial charge in [0.25, 0.3) is 0 Å². The van der Waals surface area contributed by atoms with Crippen molar-refractivity contribution in [3.63, 3.8) is 0 Å². The van der Waals surface area contributed by atoms with Crippen LogP contribution in [-0.2, 0) is 11.2 Å². The minimum Gasteiger partial charge on any atom is -0.497 e. The molecule has 0 saturated carbocycles. The van der Waals surface area contributed by atoms with Gasteiger partial charge < -0.3 is 9.64 Å². The average Bonchev–Trinajstić information content (AvgIpc) is 3.44. The molecule has 1 aliphatic rings. The fraction of sp³-hybridized carbons (Fsp3) is 0.375. The van der Waals surface area contributed by atoms with Gasteiger partial charge in [-0.25, -0.2) is 9.97 Å². The van der Waals surface area contributed by atoms with E-state index in [1.165, 1.54) is 0 Å². The molecule has 0 spiro atoms. The predicted molar refractivity (Wildman–Crippen MR) is 116 cm³/mol. The van der Waals surface area contributed by atoms with E-state index in [0.717, 1.165) is 48.0 Å². The second-order valence-electron chi connectivity index (χ2n) is 8.00. The Kier molecular flexibility index (Phi) is 5.84. The summed E-state index contributed by atoms with van der Waals surface area (Å²) >= 11 is 0. The van der Waals surface area contributed by atoms with Crippen LogP contribution in [-0.4, -0.2) is 39.0 Å². The normalized spacial score (nSPS) is 16.3. The Morgan fingerprint density at radius 3 is 2.73 bits per heavy atom. The number of imidazole rings is 1. The average molecular weight is 405 g/mol. The van der Waals surface area contributed by atoms with Crippen molar-refractivity contribution in [3.05, 3.63) is 71.9 Å².